The van der Waals surface area contributed by atoms with Crippen molar-refractivity contribution in [1.29, 1.82) is 0 Å². The molecular formula is C19H21ClN2O2. The van der Waals surface area contributed by atoms with Gasteiger partial charge >= 0.3 is 0 Å². The zero-order valence-corrected chi connectivity index (χ0v) is 14.4. The molecule has 126 valence electrons. The third-order valence-electron chi connectivity index (χ3n) is 4.09. The monoisotopic (exact) mass is 344 g/mol. The lowest BCUT2D eigenvalue weighted by molar-refractivity contribution is 0.0440. The Balaban J connectivity index is 1.50. The van der Waals surface area contributed by atoms with E-state index in [1.165, 1.54) is 0 Å². The van der Waals surface area contributed by atoms with E-state index in [4.69, 9.17) is 16.4 Å². The van der Waals surface area contributed by atoms with Crippen molar-refractivity contribution in [2.75, 3.05) is 20.1 Å². The van der Waals surface area contributed by atoms with E-state index < -0.39 is 6.10 Å². The lowest BCUT2D eigenvalue weighted by Gasteiger charge is -2.22. The van der Waals surface area contributed by atoms with Gasteiger partial charge < -0.3 is 9.94 Å². The van der Waals surface area contributed by atoms with Crippen LogP contribution in [-0.4, -0.2) is 42.0 Å². The summed E-state index contributed by atoms with van der Waals surface area (Å²) in [7, 11) is 1.98. The third-order valence-corrected chi connectivity index (χ3v) is 4.35. The molecule has 0 aromatic heterocycles. The molecule has 0 saturated carbocycles. The van der Waals surface area contributed by atoms with E-state index in [2.05, 4.69) is 10.1 Å². The molecule has 1 heterocycles. The second kappa shape index (κ2) is 7.79. The molecule has 2 aromatic carbocycles. The van der Waals surface area contributed by atoms with Crippen LogP contribution in [0.1, 0.15) is 23.7 Å². The van der Waals surface area contributed by atoms with Crippen molar-refractivity contribution in [3.63, 3.8) is 0 Å². The van der Waals surface area contributed by atoms with E-state index in [0.717, 1.165) is 23.3 Å². The van der Waals surface area contributed by atoms with Crippen molar-refractivity contribution in [2.24, 2.45) is 5.16 Å². The van der Waals surface area contributed by atoms with Crippen LogP contribution < -0.4 is 0 Å². The van der Waals surface area contributed by atoms with E-state index >= 15 is 0 Å². The van der Waals surface area contributed by atoms with Crippen molar-refractivity contribution >= 4 is 17.3 Å². The molecular weight excluding hydrogens is 324 g/mol. The number of halogens is 1. The van der Waals surface area contributed by atoms with Crippen LogP contribution in [0.3, 0.4) is 0 Å². The molecule has 2 aromatic rings. The maximum absolute atomic E-state index is 10.3. The van der Waals surface area contributed by atoms with E-state index in [9.17, 15) is 5.11 Å². The zero-order valence-electron chi connectivity index (χ0n) is 13.6. The quantitative estimate of drug-likeness (QED) is 0.872. The molecule has 0 amide bonds. The number of benzene rings is 2. The highest BCUT2D eigenvalue weighted by atomic mass is 35.5. The van der Waals surface area contributed by atoms with Crippen molar-refractivity contribution in [3.05, 3.63) is 70.7 Å². The van der Waals surface area contributed by atoms with Gasteiger partial charge in [0, 0.05) is 24.5 Å². The van der Waals surface area contributed by atoms with Crippen molar-refractivity contribution in [1.82, 2.24) is 4.90 Å². The van der Waals surface area contributed by atoms with Gasteiger partial charge in [0.1, 0.15) is 6.10 Å². The number of likely N-dealkylation sites (N-methyl/N-ethyl adjacent to an activating group) is 1. The third kappa shape index (κ3) is 4.35. The first-order chi connectivity index (χ1) is 11.6. The first-order valence-corrected chi connectivity index (χ1v) is 8.40. The van der Waals surface area contributed by atoms with Crippen LogP contribution in [0.4, 0.5) is 0 Å². The molecule has 1 aliphatic rings. The van der Waals surface area contributed by atoms with Crippen molar-refractivity contribution in [2.45, 2.75) is 18.6 Å². The van der Waals surface area contributed by atoms with Gasteiger partial charge in [-0.15, -0.1) is 0 Å². The summed E-state index contributed by atoms with van der Waals surface area (Å²) in [5.41, 5.74) is 2.90. The summed E-state index contributed by atoms with van der Waals surface area (Å²) < 4.78 is 0. The molecule has 0 bridgehead atoms. The first kappa shape index (κ1) is 17.0. The average Bonchev–Trinajstić information content (AvgIpc) is 3.04. The molecule has 24 heavy (non-hydrogen) atoms. The molecule has 0 fully saturated rings. The van der Waals surface area contributed by atoms with E-state index in [0.29, 0.717) is 18.1 Å². The molecule has 0 radical (unpaired) electrons. The summed E-state index contributed by atoms with van der Waals surface area (Å²) in [6.45, 7) is 1.27. The number of hydrogen-bond donors (Lipinski definition) is 1. The Kier molecular flexibility index (Phi) is 5.51. The van der Waals surface area contributed by atoms with Crippen molar-refractivity contribution in [3.8, 4) is 0 Å². The predicted octanol–water partition coefficient (Wildman–Crippen LogP) is 3.50. The van der Waals surface area contributed by atoms with E-state index in [1.54, 1.807) is 0 Å². The van der Waals surface area contributed by atoms with Crippen molar-refractivity contribution < 1.29 is 9.94 Å². The lowest BCUT2D eigenvalue weighted by atomic mass is 10.0. The van der Waals surface area contributed by atoms with Crippen LogP contribution in [0.5, 0.6) is 0 Å². The second-order valence-corrected chi connectivity index (χ2v) is 6.56. The van der Waals surface area contributed by atoms with Crippen LogP contribution >= 0.6 is 11.6 Å². The molecule has 1 N–H and O–H groups in total. The summed E-state index contributed by atoms with van der Waals surface area (Å²) in [6.07, 6.45) is 0.255. The highest BCUT2D eigenvalue weighted by molar-refractivity contribution is 6.30. The minimum atomic E-state index is -0.505. The van der Waals surface area contributed by atoms with Gasteiger partial charge in [-0.1, -0.05) is 59.2 Å². The number of rotatable bonds is 6. The van der Waals surface area contributed by atoms with Crippen LogP contribution in [0, 0.1) is 0 Å². The fraction of sp³-hybridized carbons (Fsp3) is 0.316. The zero-order chi connectivity index (χ0) is 16.9. The smallest absolute Gasteiger partial charge is 0.145 e. The Labute approximate surface area is 147 Å². The molecule has 2 unspecified atom stereocenters. The maximum atomic E-state index is 10.3. The van der Waals surface area contributed by atoms with Gasteiger partial charge in [-0.25, -0.2) is 0 Å². The summed E-state index contributed by atoms with van der Waals surface area (Å²) in [5.74, 6) is 0. The Hall–Kier alpha value is -1.88. The minimum Gasteiger partial charge on any atom is -0.390 e. The Morgan fingerprint density at radius 1 is 1.21 bits per heavy atom. The van der Waals surface area contributed by atoms with Crippen LogP contribution in [-0.2, 0) is 4.84 Å². The van der Waals surface area contributed by atoms with Gasteiger partial charge in [0.2, 0.25) is 0 Å². The van der Waals surface area contributed by atoms with Crippen LogP contribution in [0.25, 0.3) is 0 Å². The highest BCUT2D eigenvalue weighted by Crippen LogP contribution is 2.20. The van der Waals surface area contributed by atoms with Gasteiger partial charge in [0.25, 0.3) is 0 Å². The molecule has 0 saturated heterocycles. The molecule has 2 atom stereocenters. The summed E-state index contributed by atoms with van der Waals surface area (Å²) in [4.78, 5) is 7.61. The summed E-state index contributed by atoms with van der Waals surface area (Å²) in [5, 5.41) is 15.2. The molecule has 0 spiro atoms. The van der Waals surface area contributed by atoms with E-state index in [1.807, 2.05) is 61.6 Å². The average molecular weight is 345 g/mol. The molecule has 4 nitrogen and oxygen atoms in total. The number of aliphatic hydroxyl groups is 1. The second-order valence-electron chi connectivity index (χ2n) is 6.12. The first-order valence-electron chi connectivity index (χ1n) is 8.02. The van der Waals surface area contributed by atoms with Gasteiger partial charge in [-0.05, 0) is 30.3 Å². The number of nitrogens with zero attached hydrogens (tertiary/aromatic N) is 2. The lowest BCUT2D eigenvalue weighted by Crippen LogP contribution is -2.32. The van der Waals surface area contributed by atoms with Crippen LogP contribution in [0.2, 0.25) is 5.02 Å². The molecule has 1 aliphatic heterocycles. The maximum Gasteiger partial charge on any atom is 0.145 e. The predicted molar refractivity (Wildman–Crippen MR) is 96.4 cm³/mol. The number of hydrogen-bond acceptors (Lipinski definition) is 4. The van der Waals surface area contributed by atoms with Gasteiger partial charge in [0.15, 0.2) is 0 Å². The molecule has 3 rings (SSSR count). The van der Waals surface area contributed by atoms with Crippen LogP contribution in [0.15, 0.2) is 59.8 Å². The molecule has 5 heteroatoms. The Bertz CT molecular complexity index is 688. The minimum absolute atomic E-state index is 0.00338. The number of oxime groups is 1. The fourth-order valence-corrected chi connectivity index (χ4v) is 2.96. The van der Waals surface area contributed by atoms with Gasteiger partial charge in [0.05, 0.1) is 11.8 Å². The van der Waals surface area contributed by atoms with Gasteiger partial charge in [-0.2, -0.15) is 0 Å². The largest absolute Gasteiger partial charge is 0.390 e. The normalized spacial score (nSPS) is 18.3. The topological polar surface area (TPSA) is 45.1 Å². The Morgan fingerprint density at radius 3 is 2.62 bits per heavy atom. The standard InChI is InChI=1S/C19H21ClN2O2/c1-22(13-19(23)15-5-3-2-4-6-15)12-17-11-18(21-24-17)14-7-9-16(20)10-8-14/h2-10,17,19,23H,11-13H2,1H3. The summed E-state index contributed by atoms with van der Waals surface area (Å²) in [6, 6.07) is 17.3. The summed E-state index contributed by atoms with van der Waals surface area (Å²) >= 11 is 5.91. The Morgan fingerprint density at radius 2 is 1.92 bits per heavy atom. The fourth-order valence-electron chi connectivity index (χ4n) is 2.84. The number of aliphatic hydroxyl groups excluding tert-OH is 1. The van der Waals surface area contributed by atoms with Gasteiger partial charge in [-0.3, -0.25) is 4.90 Å². The van der Waals surface area contributed by atoms with E-state index in [-0.39, 0.29) is 6.10 Å². The SMILES string of the molecule is CN(CC1CC(c2ccc(Cl)cc2)=NO1)CC(O)c1ccccc1. The highest BCUT2D eigenvalue weighted by Gasteiger charge is 2.24. The molecule has 0 aliphatic carbocycles.